The second-order valence-corrected chi connectivity index (χ2v) is 6.53. The molecule has 5 nitrogen and oxygen atoms in total. The number of benzene rings is 1. The van der Waals surface area contributed by atoms with Crippen molar-refractivity contribution >= 4 is 27.7 Å². The number of hydrogen-bond acceptors (Lipinski definition) is 3. The van der Waals surface area contributed by atoms with E-state index in [1.165, 1.54) is 4.90 Å². The van der Waals surface area contributed by atoms with Gasteiger partial charge >= 0.3 is 0 Å². The molecule has 6 heteroatoms. The molecule has 1 fully saturated rings. The van der Waals surface area contributed by atoms with Gasteiger partial charge in [0.15, 0.2) is 0 Å². The number of primary amides is 1. The molecule has 3 N–H and O–H groups in total. The predicted octanol–water partition coefficient (Wildman–Crippen LogP) is 1.41. The molecule has 1 aliphatic rings. The second-order valence-electron chi connectivity index (χ2n) is 5.62. The minimum atomic E-state index is -0.592. The van der Waals surface area contributed by atoms with Crippen LogP contribution in [-0.4, -0.2) is 35.3 Å². The number of halogens is 1. The maximum Gasteiger partial charge on any atom is 0.243 e. The smallest absolute Gasteiger partial charge is 0.243 e. The number of carbonyl (C=O) groups is 2. The Labute approximate surface area is 133 Å². The van der Waals surface area contributed by atoms with Crippen molar-refractivity contribution in [3.05, 3.63) is 34.3 Å². The van der Waals surface area contributed by atoms with E-state index in [2.05, 4.69) is 21.2 Å². The van der Waals surface area contributed by atoms with Crippen LogP contribution in [0, 0.1) is 0 Å². The van der Waals surface area contributed by atoms with Crippen molar-refractivity contribution in [2.24, 2.45) is 5.73 Å². The molecule has 1 aliphatic heterocycles. The Morgan fingerprint density at radius 2 is 2.05 bits per heavy atom. The van der Waals surface area contributed by atoms with E-state index >= 15 is 0 Å². The molecule has 0 saturated carbocycles. The molecule has 1 saturated heterocycles. The third-order valence-electron chi connectivity index (χ3n) is 3.76. The first-order valence-corrected chi connectivity index (χ1v) is 7.77. The van der Waals surface area contributed by atoms with Gasteiger partial charge in [-0.1, -0.05) is 28.1 Å². The number of nitrogens with two attached hydrogens (primary N) is 1. The molecule has 2 rings (SSSR count). The molecular formula is C15H20BrN3O2. The van der Waals surface area contributed by atoms with Crippen LogP contribution in [0.3, 0.4) is 0 Å². The fourth-order valence-corrected chi connectivity index (χ4v) is 2.89. The Morgan fingerprint density at radius 1 is 1.38 bits per heavy atom. The lowest BCUT2D eigenvalue weighted by atomic mass is 9.98. The molecular weight excluding hydrogens is 334 g/mol. The van der Waals surface area contributed by atoms with Crippen LogP contribution in [0.4, 0.5) is 0 Å². The molecule has 1 aromatic rings. The van der Waals surface area contributed by atoms with Gasteiger partial charge in [-0.25, -0.2) is 0 Å². The normalized spacial score (nSPS) is 21.2. The van der Waals surface area contributed by atoms with E-state index in [4.69, 9.17) is 5.73 Å². The van der Waals surface area contributed by atoms with Crippen LogP contribution >= 0.6 is 15.9 Å². The number of nitrogens with one attached hydrogen (secondary N) is 1. The molecule has 114 valence electrons. The topological polar surface area (TPSA) is 75.4 Å². The highest BCUT2D eigenvalue weighted by Crippen LogP contribution is 2.22. The summed E-state index contributed by atoms with van der Waals surface area (Å²) >= 11 is 3.38. The van der Waals surface area contributed by atoms with Gasteiger partial charge < -0.3 is 16.0 Å². The molecule has 0 bridgehead atoms. The van der Waals surface area contributed by atoms with Crippen LogP contribution in [0.2, 0.25) is 0 Å². The maximum atomic E-state index is 12.7. The highest BCUT2D eigenvalue weighted by molar-refractivity contribution is 9.10. The largest absolute Gasteiger partial charge is 0.368 e. The SMILES string of the molecule is CC1(C(=O)N(CC(N)=O)Cc2ccc(Br)cc2)CCCN1. The zero-order chi connectivity index (χ0) is 15.5. The van der Waals surface area contributed by atoms with E-state index in [1.807, 2.05) is 31.2 Å². The van der Waals surface area contributed by atoms with E-state index in [0.717, 1.165) is 29.4 Å². The van der Waals surface area contributed by atoms with Crippen LogP contribution in [-0.2, 0) is 16.1 Å². The minimum Gasteiger partial charge on any atom is -0.368 e. The van der Waals surface area contributed by atoms with Crippen LogP contribution in [0.1, 0.15) is 25.3 Å². The summed E-state index contributed by atoms with van der Waals surface area (Å²) in [5.41, 5.74) is 5.66. The Balaban J connectivity index is 2.15. The van der Waals surface area contributed by atoms with E-state index in [0.29, 0.717) is 6.54 Å². The number of nitrogens with zero attached hydrogens (tertiary/aromatic N) is 1. The molecule has 1 aromatic carbocycles. The monoisotopic (exact) mass is 353 g/mol. The number of hydrogen-bond donors (Lipinski definition) is 2. The van der Waals surface area contributed by atoms with Gasteiger partial charge in [-0.3, -0.25) is 9.59 Å². The molecule has 1 atom stereocenters. The fourth-order valence-electron chi connectivity index (χ4n) is 2.62. The zero-order valence-corrected chi connectivity index (χ0v) is 13.6. The lowest BCUT2D eigenvalue weighted by Gasteiger charge is -2.31. The number of amides is 2. The highest BCUT2D eigenvalue weighted by Gasteiger charge is 2.39. The van der Waals surface area contributed by atoms with Crippen molar-refractivity contribution in [1.82, 2.24) is 10.2 Å². The van der Waals surface area contributed by atoms with Gasteiger partial charge in [0.25, 0.3) is 0 Å². The minimum absolute atomic E-state index is 0.0633. The molecule has 0 aliphatic carbocycles. The van der Waals surface area contributed by atoms with Gasteiger partial charge in [0.05, 0.1) is 12.1 Å². The predicted molar refractivity (Wildman–Crippen MR) is 84.4 cm³/mol. The summed E-state index contributed by atoms with van der Waals surface area (Å²) in [6, 6.07) is 7.68. The summed E-state index contributed by atoms with van der Waals surface area (Å²) in [5, 5.41) is 3.23. The Hall–Kier alpha value is -1.40. The summed E-state index contributed by atoms with van der Waals surface area (Å²) in [5.74, 6) is -0.566. The van der Waals surface area contributed by atoms with Gasteiger partial charge in [-0.2, -0.15) is 0 Å². The Bertz CT molecular complexity index is 524. The lowest BCUT2D eigenvalue weighted by Crippen LogP contribution is -2.54. The van der Waals surface area contributed by atoms with E-state index in [1.54, 1.807) is 0 Å². The maximum absolute atomic E-state index is 12.7. The number of carbonyl (C=O) groups excluding carboxylic acids is 2. The van der Waals surface area contributed by atoms with Gasteiger partial charge in [-0.05, 0) is 44.0 Å². The van der Waals surface area contributed by atoms with Gasteiger partial charge in [0.2, 0.25) is 11.8 Å². The fraction of sp³-hybridized carbons (Fsp3) is 0.467. The molecule has 0 aromatic heterocycles. The standard InChI is InChI=1S/C15H20BrN3O2/c1-15(7-2-8-18-15)14(21)19(10-13(17)20)9-11-3-5-12(16)6-4-11/h3-6,18H,2,7-10H2,1H3,(H2,17,20). The van der Waals surface area contributed by atoms with Crippen molar-refractivity contribution in [3.63, 3.8) is 0 Å². The molecule has 1 unspecified atom stereocenters. The summed E-state index contributed by atoms with van der Waals surface area (Å²) in [6.07, 6.45) is 1.74. The van der Waals surface area contributed by atoms with Gasteiger partial charge in [0, 0.05) is 11.0 Å². The van der Waals surface area contributed by atoms with Crippen LogP contribution in [0.15, 0.2) is 28.7 Å². The highest BCUT2D eigenvalue weighted by atomic mass is 79.9. The first kappa shape index (κ1) is 16.0. The van der Waals surface area contributed by atoms with E-state index in [9.17, 15) is 9.59 Å². The van der Waals surface area contributed by atoms with Crippen molar-refractivity contribution < 1.29 is 9.59 Å². The lowest BCUT2D eigenvalue weighted by molar-refractivity contribution is -0.140. The van der Waals surface area contributed by atoms with Crippen molar-refractivity contribution in [3.8, 4) is 0 Å². The quantitative estimate of drug-likeness (QED) is 0.840. The number of rotatable bonds is 5. The zero-order valence-electron chi connectivity index (χ0n) is 12.1. The Kier molecular flexibility index (Phi) is 5.00. The van der Waals surface area contributed by atoms with Crippen LogP contribution in [0.25, 0.3) is 0 Å². The second kappa shape index (κ2) is 6.58. The van der Waals surface area contributed by atoms with E-state index in [-0.39, 0.29) is 12.5 Å². The average Bonchev–Trinajstić information content (AvgIpc) is 2.87. The summed E-state index contributed by atoms with van der Waals surface area (Å²) in [4.78, 5) is 25.5. The molecule has 1 heterocycles. The first-order chi connectivity index (χ1) is 9.90. The average molecular weight is 354 g/mol. The van der Waals surface area contributed by atoms with Gasteiger partial charge in [-0.15, -0.1) is 0 Å². The summed E-state index contributed by atoms with van der Waals surface area (Å²) < 4.78 is 0.975. The molecule has 0 radical (unpaired) electrons. The molecule has 21 heavy (non-hydrogen) atoms. The van der Waals surface area contributed by atoms with Crippen molar-refractivity contribution in [2.45, 2.75) is 31.8 Å². The third-order valence-corrected chi connectivity index (χ3v) is 4.29. The van der Waals surface area contributed by atoms with Gasteiger partial charge in [0.1, 0.15) is 0 Å². The summed E-state index contributed by atoms with van der Waals surface area (Å²) in [6.45, 7) is 3.03. The molecule has 0 spiro atoms. The molecule has 2 amide bonds. The Morgan fingerprint density at radius 3 is 2.57 bits per heavy atom. The van der Waals surface area contributed by atoms with Crippen LogP contribution < -0.4 is 11.1 Å². The first-order valence-electron chi connectivity index (χ1n) is 6.98. The van der Waals surface area contributed by atoms with Crippen LogP contribution in [0.5, 0.6) is 0 Å². The van der Waals surface area contributed by atoms with E-state index < -0.39 is 11.4 Å². The third kappa shape index (κ3) is 4.04. The van der Waals surface area contributed by atoms with Crippen molar-refractivity contribution in [2.75, 3.05) is 13.1 Å². The summed E-state index contributed by atoms with van der Waals surface area (Å²) in [7, 11) is 0. The van der Waals surface area contributed by atoms with Crippen molar-refractivity contribution in [1.29, 1.82) is 0 Å².